The van der Waals surface area contributed by atoms with Crippen molar-refractivity contribution in [2.45, 2.75) is 19.4 Å². The van der Waals surface area contributed by atoms with Gasteiger partial charge in [-0.05, 0) is 25.3 Å². The van der Waals surface area contributed by atoms with Crippen LogP contribution in [0.4, 0.5) is 11.4 Å². The molecular weight excluding hydrogens is 230 g/mol. The second kappa shape index (κ2) is 4.24. The first-order valence-corrected chi connectivity index (χ1v) is 6.40. The zero-order valence-corrected chi connectivity index (χ0v) is 10.4. The number of aryl methyl sites for hydroxylation is 1. The molecule has 2 fully saturated rings. The molecule has 2 aliphatic heterocycles. The van der Waals surface area contributed by atoms with Gasteiger partial charge in [0.25, 0.3) is 5.69 Å². The van der Waals surface area contributed by atoms with E-state index in [0.717, 1.165) is 37.3 Å². The van der Waals surface area contributed by atoms with Gasteiger partial charge in [-0.3, -0.25) is 10.1 Å². The van der Waals surface area contributed by atoms with Gasteiger partial charge in [-0.15, -0.1) is 0 Å². The average molecular weight is 247 g/mol. The van der Waals surface area contributed by atoms with E-state index in [-0.39, 0.29) is 10.6 Å². The molecule has 96 valence electrons. The average Bonchev–Trinajstić information content (AvgIpc) is 2.89. The number of fused-ring (bicyclic) bond motifs is 1. The number of nitrogens with one attached hydrogen (secondary N) is 1. The summed E-state index contributed by atoms with van der Waals surface area (Å²) in [5.41, 5.74) is 1.80. The maximum atomic E-state index is 11.3. The van der Waals surface area contributed by atoms with E-state index in [4.69, 9.17) is 0 Å². The van der Waals surface area contributed by atoms with Gasteiger partial charge in [-0.25, -0.2) is 0 Å². The van der Waals surface area contributed by atoms with E-state index >= 15 is 0 Å². The molecule has 3 rings (SSSR count). The van der Waals surface area contributed by atoms with Crippen LogP contribution in [0.25, 0.3) is 0 Å². The number of benzene rings is 1. The zero-order chi connectivity index (χ0) is 12.7. The molecule has 2 heterocycles. The molecule has 1 aromatic rings. The third kappa shape index (κ3) is 1.66. The minimum atomic E-state index is -0.250. The van der Waals surface area contributed by atoms with E-state index in [1.165, 1.54) is 0 Å². The number of nitro groups is 1. The van der Waals surface area contributed by atoms with Crippen LogP contribution in [0.15, 0.2) is 18.2 Å². The van der Waals surface area contributed by atoms with Crippen molar-refractivity contribution in [3.05, 3.63) is 33.9 Å². The molecule has 2 aliphatic rings. The SMILES string of the molecule is Cc1cccc(N2CC[C@H]3CNC[C@H]32)c1[N+](=O)[O-]. The van der Waals surface area contributed by atoms with Crippen molar-refractivity contribution in [1.82, 2.24) is 5.32 Å². The largest absolute Gasteiger partial charge is 0.361 e. The molecule has 0 aromatic heterocycles. The van der Waals surface area contributed by atoms with Crippen LogP contribution in [0.3, 0.4) is 0 Å². The van der Waals surface area contributed by atoms with Crippen molar-refractivity contribution in [2.24, 2.45) is 5.92 Å². The van der Waals surface area contributed by atoms with Gasteiger partial charge >= 0.3 is 0 Å². The van der Waals surface area contributed by atoms with E-state index in [1.807, 2.05) is 25.1 Å². The minimum Gasteiger partial charge on any atom is -0.361 e. The lowest BCUT2D eigenvalue weighted by Crippen LogP contribution is -2.34. The number of para-hydroxylation sites is 1. The van der Waals surface area contributed by atoms with Gasteiger partial charge in [-0.1, -0.05) is 12.1 Å². The van der Waals surface area contributed by atoms with Crippen molar-refractivity contribution in [1.29, 1.82) is 0 Å². The van der Waals surface area contributed by atoms with Crippen LogP contribution in [-0.2, 0) is 0 Å². The Morgan fingerprint density at radius 1 is 1.44 bits per heavy atom. The lowest BCUT2D eigenvalue weighted by Gasteiger charge is -2.25. The van der Waals surface area contributed by atoms with Crippen LogP contribution >= 0.6 is 0 Å². The number of hydrogen-bond donors (Lipinski definition) is 1. The predicted octanol–water partition coefficient (Wildman–Crippen LogP) is 1.70. The Labute approximate surface area is 106 Å². The Hall–Kier alpha value is -1.62. The van der Waals surface area contributed by atoms with Gasteiger partial charge in [0.05, 0.1) is 4.92 Å². The van der Waals surface area contributed by atoms with Gasteiger partial charge in [-0.2, -0.15) is 0 Å². The fourth-order valence-corrected chi connectivity index (χ4v) is 3.26. The summed E-state index contributed by atoms with van der Waals surface area (Å²) in [7, 11) is 0. The molecule has 1 aromatic carbocycles. The molecule has 0 bridgehead atoms. The van der Waals surface area contributed by atoms with Crippen LogP contribution in [-0.4, -0.2) is 30.6 Å². The summed E-state index contributed by atoms with van der Waals surface area (Å²) in [4.78, 5) is 13.2. The molecule has 0 unspecified atom stereocenters. The monoisotopic (exact) mass is 247 g/mol. The van der Waals surface area contributed by atoms with Crippen LogP contribution in [0.2, 0.25) is 0 Å². The summed E-state index contributed by atoms with van der Waals surface area (Å²) >= 11 is 0. The maximum Gasteiger partial charge on any atom is 0.295 e. The summed E-state index contributed by atoms with van der Waals surface area (Å²) in [6.45, 7) is 4.72. The number of nitro benzene ring substituents is 1. The summed E-state index contributed by atoms with van der Waals surface area (Å²) in [6, 6.07) is 6.02. The van der Waals surface area contributed by atoms with E-state index in [9.17, 15) is 10.1 Å². The van der Waals surface area contributed by atoms with Crippen molar-refractivity contribution in [3.8, 4) is 0 Å². The number of hydrogen-bond acceptors (Lipinski definition) is 4. The first-order valence-electron chi connectivity index (χ1n) is 6.40. The quantitative estimate of drug-likeness (QED) is 0.638. The predicted molar refractivity (Wildman–Crippen MR) is 69.9 cm³/mol. The molecule has 0 radical (unpaired) electrons. The van der Waals surface area contributed by atoms with E-state index in [1.54, 1.807) is 0 Å². The normalized spacial score (nSPS) is 26.4. The third-order valence-corrected chi connectivity index (χ3v) is 4.15. The van der Waals surface area contributed by atoms with Crippen molar-refractivity contribution < 1.29 is 4.92 Å². The van der Waals surface area contributed by atoms with Gasteiger partial charge in [0, 0.05) is 31.2 Å². The molecule has 0 saturated carbocycles. The Balaban J connectivity index is 2.02. The number of anilines is 1. The van der Waals surface area contributed by atoms with Gasteiger partial charge < -0.3 is 10.2 Å². The highest BCUT2D eigenvalue weighted by atomic mass is 16.6. The lowest BCUT2D eigenvalue weighted by molar-refractivity contribution is -0.384. The molecule has 5 nitrogen and oxygen atoms in total. The van der Waals surface area contributed by atoms with Crippen molar-refractivity contribution >= 4 is 11.4 Å². The highest BCUT2D eigenvalue weighted by Gasteiger charge is 2.39. The standard InChI is InChI=1S/C13H17N3O2/c1-9-3-2-4-11(13(9)16(17)18)15-6-5-10-7-14-8-12(10)15/h2-4,10,12,14H,5-8H2,1H3/t10-,12+/m0/s1. The van der Waals surface area contributed by atoms with Gasteiger partial charge in [0.2, 0.25) is 0 Å². The first kappa shape index (κ1) is 11.5. The highest BCUT2D eigenvalue weighted by molar-refractivity contribution is 5.67. The van der Waals surface area contributed by atoms with Crippen molar-refractivity contribution in [2.75, 3.05) is 24.5 Å². The Morgan fingerprint density at radius 3 is 3.06 bits per heavy atom. The van der Waals surface area contributed by atoms with Crippen LogP contribution < -0.4 is 10.2 Å². The fourth-order valence-electron chi connectivity index (χ4n) is 3.26. The third-order valence-electron chi connectivity index (χ3n) is 4.15. The van der Waals surface area contributed by atoms with Gasteiger partial charge in [0.1, 0.15) is 5.69 Å². The summed E-state index contributed by atoms with van der Waals surface area (Å²) in [6.07, 6.45) is 1.13. The fraction of sp³-hybridized carbons (Fsp3) is 0.538. The summed E-state index contributed by atoms with van der Waals surface area (Å²) in [5.74, 6) is 0.644. The van der Waals surface area contributed by atoms with Crippen LogP contribution in [0, 0.1) is 23.0 Å². The van der Waals surface area contributed by atoms with E-state index in [2.05, 4.69) is 10.2 Å². The van der Waals surface area contributed by atoms with E-state index in [0.29, 0.717) is 12.0 Å². The summed E-state index contributed by atoms with van der Waals surface area (Å²) in [5, 5.41) is 14.6. The molecule has 5 heteroatoms. The zero-order valence-electron chi connectivity index (χ0n) is 10.4. The molecule has 0 spiro atoms. The second-order valence-electron chi connectivity index (χ2n) is 5.17. The molecular formula is C13H17N3O2. The van der Waals surface area contributed by atoms with Crippen LogP contribution in [0.1, 0.15) is 12.0 Å². The minimum absolute atomic E-state index is 0.250. The summed E-state index contributed by atoms with van der Waals surface area (Å²) < 4.78 is 0. The van der Waals surface area contributed by atoms with Crippen molar-refractivity contribution in [3.63, 3.8) is 0 Å². The van der Waals surface area contributed by atoms with Crippen LogP contribution in [0.5, 0.6) is 0 Å². The highest BCUT2D eigenvalue weighted by Crippen LogP contribution is 2.38. The molecule has 0 aliphatic carbocycles. The first-order chi connectivity index (χ1) is 8.68. The Bertz CT molecular complexity index is 489. The molecule has 0 amide bonds. The molecule has 2 saturated heterocycles. The Morgan fingerprint density at radius 2 is 2.28 bits per heavy atom. The molecule has 1 N–H and O–H groups in total. The Kier molecular flexibility index (Phi) is 2.70. The second-order valence-corrected chi connectivity index (χ2v) is 5.17. The van der Waals surface area contributed by atoms with Gasteiger partial charge in [0.15, 0.2) is 0 Å². The maximum absolute atomic E-state index is 11.3. The molecule has 2 atom stereocenters. The number of nitrogens with zero attached hydrogens (tertiary/aromatic N) is 2. The molecule has 18 heavy (non-hydrogen) atoms. The van der Waals surface area contributed by atoms with E-state index < -0.39 is 0 Å². The lowest BCUT2D eigenvalue weighted by atomic mass is 10.0. The topological polar surface area (TPSA) is 58.4 Å². The number of rotatable bonds is 2. The smallest absolute Gasteiger partial charge is 0.295 e.